The molecule has 0 atom stereocenters. The van der Waals surface area contributed by atoms with Gasteiger partial charge in [-0.1, -0.05) is 11.6 Å². The summed E-state index contributed by atoms with van der Waals surface area (Å²) in [4.78, 5) is 16.2. The number of esters is 1. The fraction of sp³-hybridized carbons (Fsp3) is 0.333. The van der Waals surface area contributed by atoms with Gasteiger partial charge in [-0.3, -0.25) is 4.40 Å². The smallest absolute Gasteiger partial charge is 0.357 e. The molecule has 2 rings (SSSR count). The SMILES string of the molecule is CCOC(=O)c1c(C)nc2c(C)cc(Cl)cn12. The lowest BCUT2D eigenvalue weighted by Crippen LogP contribution is -2.09. The molecule has 0 aliphatic carbocycles. The van der Waals surface area contributed by atoms with Crippen LogP contribution in [0.2, 0.25) is 5.02 Å². The van der Waals surface area contributed by atoms with Crippen molar-refractivity contribution in [1.82, 2.24) is 9.38 Å². The van der Waals surface area contributed by atoms with Crippen molar-refractivity contribution in [2.45, 2.75) is 20.8 Å². The van der Waals surface area contributed by atoms with E-state index in [-0.39, 0.29) is 5.97 Å². The van der Waals surface area contributed by atoms with Crippen LogP contribution >= 0.6 is 11.6 Å². The molecule has 0 aliphatic rings. The molecule has 0 saturated heterocycles. The summed E-state index contributed by atoms with van der Waals surface area (Å²) in [5.74, 6) is -0.376. The molecule has 0 fully saturated rings. The summed E-state index contributed by atoms with van der Waals surface area (Å²) < 4.78 is 6.70. The van der Waals surface area contributed by atoms with Crippen molar-refractivity contribution in [3.63, 3.8) is 0 Å². The Morgan fingerprint density at radius 3 is 2.88 bits per heavy atom. The third kappa shape index (κ3) is 2.00. The molecule has 0 bridgehead atoms. The molecule has 0 spiro atoms. The summed E-state index contributed by atoms with van der Waals surface area (Å²) in [7, 11) is 0. The number of halogens is 1. The van der Waals surface area contributed by atoms with E-state index in [0.29, 0.717) is 23.0 Å². The lowest BCUT2D eigenvalue weighted by Gasteiger charge is -2.04. The van der Waals surface area contributed by atoms with Gasteiger partial charge in [0, 0.05) is 6.20 Å². The molecule has 0 saturated carbocycles. The molecule has 0 aliphatic heterocycles. The second-order valence-electron chi connectivity index (χ2n) is 3.80. The molecule has 0 radical (unpaired) electrons. The van der Waals surface area contributed by atoms with Crippen molar-refractivity contribution in [3.8, 4) is 0 Å². The summed E-state index contributed by atoms with van der Waals surface area (Å²) in [6.45, 7) is 5.80. The van der Waals surface area contributed by atoms with Crippen LogP contribution in [0.5, 0.6) is 0 Å². The van der Waals surface area contributed by atoms with Gasteiger partial charge in [-0.2, -0.15) is 0 Å². The number of carbonyl (C=O) groups is 1. The van der Waals surface area contributed by atoms with Crippen molar-refractivity contribution < 1.29 is 9.53 Å². The molecule has 4 nitrogen and oxygen atoms in total. The maximum Gasteiger partial charge on any atom is 0.357 e. The number of ether oxygens (including phenoxy) is 1. The maximum atomic E-state index is 11.8. The van der Waals surface area contributed by atoms with Gasteiger partial charge in [0.25, 0.3) is 0 Å². The fourth-order valence-electron chi connectivity index (χ4n) is 1.83. The van der Waals surface area contributed by atoms with Crippen LogP contribution < -0.4 is 0 Å². The number of aryl methyl sites for hydroxylation is 2. The van der Waals surface area contributed by atoms with E-state index in [1.165, 1.54) is 0 Å². The Hall–Kier alpha value is -1.55. The average molecular weight is 253 g/mol. The van der Waals surface area contributed by atoms with Crippen LogP contribution in [0, 0.1) is 13.8 Å². The van der Waals surface area contributed by atoms with Gasteiger partial charge in [0.2, 0.25) is 0 Å². The number of hydrogen-bond acceptors (Lipinski definition) is 3. The zero-order valence-electron chi connectivity index (χ0n) is 9.95. The Labute approximate surface area is 104 Å². The standard InChI is InChI=1S/C12H13ClN2O2/c1-4-17-12(16)10-8(3)14-11-7(2)5-9(13)6-15(10)11/h5-6H,4H2,1-3H3. The van der Waals surface area contributed by atoms with E-state index in [9.17, 15) is 4.79 Å². The van der Waals surface area contributed by atoms with Crippen LogP contribution in [0.4, 0.5) is 0 Å². The van der Waals surface area contributed by atoms with Crippen LogP contribution in [0.25, 0.3) is 5.65 Å². The van der Waals surface area contributed by atoms with E-state index in [2.05, 4.69) is 4.98 Å². The van der Waals surface area contributed by atoms with Gasteiger partial charge >= 0.3 is 5.97 Å². The van der Waals surface area contributed by atoms with E-state index in [1.807, 2.05) is 13.0 Å². The third-order valence-corrected chi connectivity index (χ3v) is 2.72. The maximum absolute atomic E-state index is 11.8. The highest BCUT2D eigenvalue weighted by molar-refractivity contribution is 6.30. The number of rotatable bonds is 2. The molecule has 0 amide bonds. The van der Waals surface area contributed by atoms with Crippen LogP contribution in [0.15, 0.2) is 12.3 Å². The average Bonchev–Trinajstić information content (AvgIpc) is 2.55. The second kappa shape index (κ2) is 4.37. The van der Waals surface area contributed by atoms with E-state index in [1.54, 1.807) is 24.4 Å². The normalized spacial score (nSPS) is 10.8. The lowest BCUT2D eigenvalue weighted by molar-refractivity contribution is 0.0517. The zero-order chi connectivity index (χ0) is 12.6. The Morgan fingerprint density at radius 2 is 2.24 bits per heavy atom. The molecule has 0 unspecified atom stereocenters. The van der Waals surface area contributed by atoms with Crippen LogP contribution in [0.3, 0.4) is 0 Å². The Kier molecular flexibility index (Phi) is 3.07. The highest BCUT2D eigenvalue weighted by atomic mass is 35.5. The van der Waals surface area contributed by atoms with Crippen LogP contribution in [-0.2, 0) is 4.74 Å². The first kappa shape index (κ1) is 11.9. The lowest BCUT2D eigenvalue weighted by atomic mass is 10.3. The number of imidazole rings is 1. The van der Waals surface area contributed by atoms with Crippen molar-refractivity contribution in [1.29, 1.82) is 0 Å². The minimum atomic E-state index is -0.376. The monoisotopic (exact) mass is 252 g/mol. The van der Waals surface area contributed by atoms with Gasteiger partial charge < -0.3 is 4.74 Å². The number of fused-ring (bicyclic) bond motifs is 1. The largest absolute Gasteiger partial charge is 0.461 e. The van der Waals surface area contributed by atoms with Gasteiger partial charge in [-0.05, 0) is 32.4 Å². The molecule has 0 aromatic carbocycles. The Balaban J connectivity index is 2.70. The predicted octanol–water partition coefficient (Wildman–Crippen LogP) is 2.78. The van der Waals surface area contributed by atoms with E-state index >= 15 is 0 Å². The summed E-state index contributed by atoms with van der Waals surface area (Å²) in [5, 5.41) is 0.568. The van der Waals surface area contributed by atoms with E-state index < -0.39 is 0 Å². The van der Waals surface area contributed by atoms with Crippen molar-refractivity contribution in [3.05, 3.63) is 34.2 Å². The number of hydrogen-bond donors (Lipinski definition) is 0. The van der Waals surface area contributed by atoms with Gasteiger partial charge in [0.15, 0.2) is 5.69 Å². The Bertz CT molecular complexity index is 590. The molecule has 90 valence electrons. The number of aromatic nitrogens is 2. The number of nitrogens with zero attached hydrogens (tertiary/aromatic N) is 2. The molecular formula is C12H13ClN2O2. The summed E-state index contributed by atoms with van der Waals surface area (Å²) in [6.07, 6.45) is 1.68. The van der Waals surface area contributed by atoms with Crippen LogP contribution in [-0.4, -0.2) is 22.0 Å². The van der Waals surface area contributed by atoms with Crippen LogP contribution in [0.1, 0.15) is 28.7 Å². The summed E-state index contributed by atoms with van der Waals surface area (Å²) in [6, 6.07) is 1.82. The quantitative estimate of drug-likeness (QED) is 0.772. The van der Waals surface area contributed by atoms with Gasteiger partial charge in [-0.25, -0.2) is 9.78 Å². The van der Waals surface area contributed by atoms with Gasteiger partial charge in [0.05, 0.1) is 17.3 Å². The molecule has 2 aromatic rings. The topological polar surface area (TPSA) is 43.6 Å². The molecule has 0 N–H and O–H groups in total. The molecule has 17 heavy (non-hydrogen) atoms. The first-order valence-corrected chi connectivity index (χ1v) is 5.74. The fourth-order valence-corrected chi connectivity index (χ4v) is 2.09. The minimum Gasteiger partial charge on any atom is -0.461 e. The first-order chi connectivity index (χ1) is 8.04. The van der Waals surface area contributed by atoms with Crippen molar-refractivity contribution in [2.24, 2.45) is 0 Å². The predicted molar refractivity (Wildman–Crippen MR) is 65.6 cm³/mol. The van der Waals surface area contributed by atoms with Gasteiger partial charge in [0.1, 0.15) is 5.65 Å². The van der Waals surface area contributed by atoms with Crippen molar-refractivity contribution >= 4 is 23.2 Å². The molecule has 5 heteroatoms. The first-order valence-electron chi connectivity index (χ1n) is 5.36. The third-order valence-electron chi connectivity index (χ3n) is 2.51. The second-order valence-corrected chi connectivity index (χ2v) is 4.24. The van der Waals surface area contributed by atoms with Crippen molar-refractivity contribution in [2.75, 3.05) is 6.61 Å². The Morgan fingerprint density at radius 1 is 1.53 bits per heavy atom. The summed E-state index contributed by atoms with van der Waals surface area (Å²) in [5.41, 5.74) is 2.74. The van der Waals surface area contributed by atoms with E-state index in [4.69, 9.17) is 16.3 Å². The molecule has 2 heterocycles. The number of carbonyl (C=O) groups excluding carboxylic acids is 1. The van der Waals surface area contributed by atoms with E-state index in [0.717, 1.165) is 11.2 Å². The number of pyridine rings is 1. The van der Waals surface area contributed by atoms with Gasteiger partial charge in [-0.15, -0.1) is 0 Å². The highest BCUT2D eigenvalue weighted by Gasteiger charge is 2.18. The minimum absolute atomic E-state index is 0.338. The highest BCUT2D eigenvalue weighted by Crippen LogP contribution is 2.20. The molecule has 2 aromatic heterocycles. The summed E-state index contributed by atoms with van der Waals surface area (Å²) >= 11 is 5.99. The zero-order valence-corrected chi connectivity index (χ0v) is 10.7. The molecular weight excluding hydrogens is 240 g/mol.